The number of benzene rings is 9. The second-order valence-electron chi connectivity index (χ2n) is 14.4. The third kappa shape index (κ3) is 5.85. The third-order valence-corrected chi connectivity index (χ3v) is 10.8. The molecule has 5 heteroatoms. The monoisotopic (exact) mass is 745 g/mol. The molecule has 0 fully saturated rings. The van der Waals surface area contributed by atoms with E-state index < -0.39 is 0 Å². The first kappa shape index (κ1) is 33.4. The van der Waals surface area contributed by atoms with Gasteiger partial charge >= 0.3 is 0 Å². The van der Waals surface area contributed by atoms with E-state index in [1.807, 2.05) is 48.5 Å². The van der Waals surface area contributed by atoms with Gasteiger partial charge in [0.2, 0.25) is 5.89 Å². The fourth-order valence-electron chi connectivity index (χ4n) is 8.13. The Kier molecular flexibility index (Phi) is 8.07. The minimum absolute atomic E-state index is 0.558. The topological polar surface area (TPSA) is 45.7 Å². The highest BCUT2D eigenvalue weighted by molar-refractivity contribution is 6.07. The van der Waals surface area contributed by atoms with Gasteiger partial charge in [-0.05, 0) is 95.2 Å². The summed E-state index contributed by atoms with van der Waals surface area (Å²) in [5.74, 6) is 0.558. The molecular weight excluding hydrogens is 711 g/mol. The van der Waals surface area contributed by atoms with Crippen LogP contribution in [0.4, 0.5) is 34.1 Å². The number of aromatic nitrogens is 1. The van der Waals surface area contributed by atoms with Crippen molar-refractivity contribution in [3.8, 4) is 22.6 Å². The van der Waals surface area contributed by atoms with Crippen LogP contribution in [0.1, 0.15) is 0 Å². The van der Waals surface area contributed by atoms with Gasteiger partial charge in [0, 0.05) is 39.0 Å². The number of oxazole rings is 1. The molecule has 0 aliphatic rings. The largest absolute Gasteiger partial charge is 0.456 e. The van der Waals surface area contributed by atoms with Crippen LogP contribution in [0.3, 0.4) is 0 Å². The molecule has 58 heavy (non-hydrogen) atoms. The van der Waals surface area contributed by atoms with E-state index in [1.165, 1.54) is 5.39 Å². The Morgan fingerprint density at radius 2 is 0.983 bits per heavy atom. The summed E-state index contributed by atoms with van der Waals surface area (Å²) in [4.78, 5) is 9.85. The minimum Gasteiger partial charge on any atom is -0.456 e. The number of furan rings is 1. The van der Waals surface area contributed by atoms with Crippen molar-refractivity contribution in [3.63, 3.8) is 0 Å². The zero-order valence-corrected chi connectivity index (χ0v) is 31.4. The average Bonchev–Trinajstić information content (AvgIpc) is 3.90. The van der Waals surface area contributed by atoms with E-state index in [0.29, 0.717) is 11.5 Å². The van der Waals surface area contributed by atoms with Crippen LogP contribution in [0.15, 0.2) is 221 Å². The number of nitrogens with zero attached hydrogens (tertiary/aromatic N) is 3. The first-order valence-corrected chi connectivity index (χ1v) is 19.5. The molecule has 11 rings (SSSR count). The lowest BCUT2D eigenvalue weighted by Crippen LogP contribution is -2.14. The van der Waals surface area contributed by atoms with Gasteiger partial charge in [0.15, 0.2) is 5.58 Å². The van der Waals surface area contributed by atoms with E-state index in [1.54, 1.807) is 0 Å². The van der Waals surface area contributed by atoms with E-state index in [9.17, 15) is 0 Å². The Balaban J connectivity index is 1.22. The van der Waals surface area contributed by atoms with Crippen molar-refractivity contribution in [3.05, 3.63) is 212 Å². The molecule has 0 N–H and O–H groups in total. The molecule has 0 atom stereocenters. The second-order valence-corrected chi connectivity index (χ2v) is 14.4. The molecule has 9 aromatic carbocycles. The lowest BCUT2D eigenvalue weighted by Gasteiger charge is -2.30. The molecule has 0 unspecified atom stereocenters. The van der Waals surface area contributed by atoms with Gasteiger partial charge in [0.1, 0.15) is 16.7 Å². The smallest absolute Gasteiger partial charge is 0.227 e. The number of fused-ring (bicyclic) bond motifs is 5. The predicted molar refractivity (Wildman–Crippen MR) is 239 cm³/mol. The summed E-state index contributed by atoms with van der Waals surface area (Å²) in [6, 6.07) is 73.9. The molecule has 0 saturated heterocycles. The van der Waals surface area contributed by atoms with Crippen LogP contribution in [0, 0.1) is 0 Å². The van der Waals surface area contributed by atoms with E-state index in [4.69, 9.17) is 13.8 Å². The molecule has 0 saturated carbocycles. The Morgan fingerprint density at radius 3 is 1.81 bits per heavy atom. The maximum Gasteiger partial charge on any atom is 0.227 e. The maximum atomic E-state index is 6.85. The van der Waals surface area contributed by atoms with Gasteiger partial charge in [-0.25, -0.2) is 4.98 Å². The predicted octanol–water partition coefficient (Wildman–Crippen LogP) is 15.2. The summed E-state index contributed by atoms with van der Waals surface area (Å²) in [6.45, 7) is 0. The molecule has 11 aromatic rings. The van der Waals surface area contributed by atoms with Gasteiger partial charge in [-0.3, -0.25) is 0 Å². The average molecular weight is 746 g/mol. The standard InChI is InChI=1S/C53H35N3O2/c1-4-17-37(18-5-1)44-24-12-14-26-48(44)56(42-30-31-51-46(33-42)45-25-13-15-27-50(45)57-51)43-34-47-52(58-53(54-47)38-19-6-2-7-20-38)49(35-43)55(40-22-8-3-9-23-40)41-29-28-36-16-10-11-21-39(36)32-41/h1-35H. The molecule has 0 aliphatic carbocycles. The summed E-state index contributed by atoms with van der Waals surface area (Å²) in [6.07, 6.45) is 0. The number of rotatable bonds is 8. The van der Waals surface area contributed by atoms with Crippen molar-refractivity contribution in [2.24, 2.45) is 0 Å². The summed E-state index contributed by atoms with van der Waals surface area (Å²) in [7, 11) is 0. The van der Waals surface area contributed by atoms with E-state index in [-0.39, 0.29) is 0 Å². The van der Waals surface area contributed by atoms with Gasteiger partial charge in [0.25, 0.3) is 0 Å². The SMILES string of the molecule is c1ccc(-c2nc3cc(N(c4ccc5oc6ccccc6c5c4)c4ccccc4-c4ccccc4)cc(N(c4ccccc4)c4ccc5ccccc5c4)c3o2)cc1. The van der Waals surface area contributed by atoms with Crippen LogP contribution in [0.5, 0.6) is 0 Å². The fourth-order valence-corrected chi connectivity index (χ4v) is 8.13. The number of hydrogen-bond donors (Lipinski definition) is 0. The first-order valence-electron chi connectivity index (χ1n) is 19.5. The van der Waals surface area contributed by atoms with Crippen LogP contribution in [-0.2, 0) is 0 Å². The highest BCUT2D eigenvalue weighted by atomic mass is 16.3. The molecule has 2 heterocycles. The van der Waals surface area contributed by atoms with Gasteiger partial charge in [0.05, 0.1) is 17.1 Å². The Hall–Kier alpha value is -7.89. The highest BCUT2D eigenvalue weighted by Crippen LogP contribution is 2.48. The van der Waals surface area contributed by atoms with Crippen LogP contribution < -0.4 is 9.80 Å². The summed E-state index contributed by atoms with van der Waals surface area (Å²) < 4.78 is 13.2. The van der Waals surface area contributed by atoms with Crippen molar-refractivity contribution in [1.29, 1.82) is 0 Å². The normalized spacial score (nSPS) is 11.4. The summed E-state index contributed by atoms with van der Waals surface area (Å²) in [5.41, 5.74) is 12.0. The lowest BCUT2D eigenvalue weighted by atomic mass is 10.0. The van der Waals surface area contributed by atoms with Crippen molar-refractivity contribution < 1.29 is 8.83 Å². The zero-order valence-electron chi connectivity index (χ0n) is 31.4. The van der Waals surface area contributed by atoms with Crippen molar-refractivity contribution in [2.75, 3.05) is 9.80 Å². The van der Waals surface area contributed by atoms with Crippen molar-refractivity contribution >= 4 is 77.9 Å². The molecule has 274 valence electrons. The van der Waals surface area contributed by atoms with E-state index in [2.05, 4.69) is 174 Å². The van der Waals surface area contributed by atoms with Crippen molar-refractivity contribution in [2.45, 2.75) is 0 Å². The third-order valence-electron chi connectivity index (χ3n) is 10.8. The van der Waals surface area contributed by atoms with Crippen LogP contribution in [0.25, 0.3) is 66.4 Å². The molecule has 0 spiro atoms. The lowest BCUT2D eigenvalue weighted by molar-refractivity contribution is 0.620. The van der Waals surface area contributed by atoms with E-state index >= 15 is 0 Å². The molecule has 0 radical (unpaired) electrons. The molecule has 5 nitrogen and oxygen atoms in total. The number of hydrogen-bond acceptors (Lipinski definition) is 5. The molecule has 2 aromatic heterocycles. The van der Waals surface area contributed by atoms with E-state index in [0.717, 1.165) is 83.7 Å². The summed E-state index contributed by atoms with van der Waals surface area (Å²) in [5, 5.41) is 4.44. The highest BCUT2D eigenvalue weighted by Gasteiger charge is 2.26. The summed E-state index contributed by atoms with van der Waals surface area (Å²) >= 11 is 0. The van der Waals surface area contributed by atoms with Gasteiger partial charge < -0.3 is 18.6 Å². The number of para-hydroxylation sites is 3. The van der Waals surface area contributed by atoms with Crippen LogP contribution in [0.2, 0.25) is 0 Å². The zero-order chi connectivity index (χ0) is 38.4. The second kappa shape index (κ2) is 14.0. The Bertz CT molecular complexity index is 3240. The first-order chi connectivity index (χ1) is 28.7. The van der Waals surface area contributed by atoms with Gasteiger partial charge in [-0.1, -0.05) is 133 Å². The maximum absolute atomic E-state index is 6.85. The molecule has 0 bridgehead atoms. The minimum atomic E-state index is 0.558. The Labute approximate surface area is 335 Å². The van der Waals surface area contributed by atoms with Gasteiger partial charge in [-0.15, -0.1) is 0 Å². The van der Waals surface area contributed by atoms with Crippen LogP contribution in [-0.4, -0.2) is 4.98 Å². The number of anilines is 6. The van der Waals surface area contributed by atoms with Gasteiger partial charge in [-0.2, -0.15) is 0 Å². The van der Waals surface area contributed by atoms with Crippen LogP contribution >= 0.6 is 0 Å². The molecule has 0 aliphatic heterocycles. The fraction of sp³-hybridized carbons (Fsp3) is 0. The molecular formula is C53H35N3O2. The Morgan fingerprint density at radius 1 is 0.362 bits per heavy atom. The quantitative estimate of drug-likeness (QED) is 0.155. The molecule has 0 amide bonds. The van der Waals surface area contributed by atoms with Crippen molar-refractivity contribution in [1.82, 2.24) is 4.98 Å².